The van der Waals surface area contributed by atoms with Gasteiger partial charge in [-0.25, -0.2) is 0 Å². The van der Waals surface area contributed by atoms with Crippen LogP contribution in [0.25, 0.3) is 0 Å². The highest BCUT2D eigenvalue weighted by Crippen LogP contribution is 2.24. The highest BCUT2D eigenvalue weighted by Gasteiger charge is 2.26. The number of hydrogen-bond donors (Lipinski definition) is 4. The van der Waals surface area contributed by atoms with Gasteiger partial charge >= 0.3 is 0 Å². The van der Waals surface area contributed by atoms with E-state index < -0.39 is 17.9 Å². The minimum absolute atomic E-state index is 0.00500. The molecule has 1 aliphatic heterocycles. The first-order chi connectivity index (χ1) is 21.0. The summed E-state index contributed by atoms with van der Waals surface area (Å²) in [6.45, 7) is 5.58. The number of rotatable bonds is 7. The van der Waals surface area contributed by atoms with E-state index in [4.69, 9.17) is 21.1 Å². The van der Waals surface area contributed by atoms with Crippen molar-refractivity contribution in [2.24, 2.45) is 5.92 Å². The van der Waals surface area contributed by atoms with Crippen LogP contribution in [0.3, 0.4) is 0 Å². The van der Waals surface area contributed by atoms with Crippen LogP contribution >= 0.6 is 11.6 Å². The van der Waals surface area contributed by atoms with Gasteiger partial charge in [-0.05, 0) is 76.2 Å². The molecular formula is C32H44ClN5O6. The Kier molecular flexibility index (Phi) is 13.8. The fourth-order valence-electron chi connectivity index (χ4n) is 4.53. The van der Waals surface area contributed by atoms with Gasteiger partial charge in [-0.3, -0.25) is 19.2 Å². The number of nitrogens with one attached hydrogen (secondary N) is 4. The Balaban J connectivity index is 1.83. The van der Waals surface area contributed by atoms with Gasteiger partial charge in [0.1, 0.15) is 30.8 Å². The molecule has 2 aromatic rings. The van der Waals surface area contributed by atoms with E-state index in [1.807, 2.05) is 27.9 Å². The number of para-hydroxylation sites is 1. The number of halogens is 1. The van der Waals surface area contributed by atoms with Gasteiger partial charge in [0.2, 0.25) is 11.8 Å². The summed E-state index contributed by atoms with van der Waals surface area (Å²) in [5.41, 5.74) is 0.481. The smallest absolute Gasteiger partial charge is 0.255 e. The van der Waals surface area contributed by atoms with E-state index >= 15 is 0 Å². The lowest BCUT2D eigenvalue weighted by molar-refractivity contribution is -0.124. The molecule has 1 heterocycles. The topological polar surface area (TPSA) is 138 Å². The Hall–Kier alpha value is -3.83. The summed E-state index contributed by atoms with van der Waals surface area (Å²) < 4.78 is 11.9. The van der Waals surface area contributed by atoms with Gasteiger partial charge in [0, 0.05) is 18.0 Å². The Morgan fingerprint density at radius 3 is 2.50 bits per heavy atom. The van der Waals surface area contributed by atoms with E-state index in [0.29, 0.717) is 23.1 Å². The van der Waals surface area contributed by atoms with Gasteiger partial charge in [-0.2, -0.15) is 0 Å². The van der Waals surface area contributed by atoms with E-state index in [-0.39, 0.29) is 67.5 Å². The van der Waals surface area contributed by atoms with Gasteiger partial charge < -0.3 is 35.6 Å². The molecule has 0 fully saturated rings. The largest absolute Gasteiger partial charge is 0.491 e. The van der Waals surface area contributed by atoms with Crippen LogP contribution < -0.4 is 30.7 Å². The molecule has 12 heteroatoms. The first kappa shape index (κ1) is 34.7. The third-order valence-corrected chi connectivity index (χ3v) is 7.38. The van der Waals surface area contributed by atoms with Crippen LogP contribution in [0.4, 0.5) is 0 Å². The predicted octanol–water partition coefficient (Wildman–Crippen LogP) is 3.02. The Morgan fingerprint density at radius 2 is 1.75 bits per heavy atom. The number of ether oxygens (including phenoxy) is 2. The highest BCUT2D eigenvalue weighted by molar-refractivity contribution is 6.31. The van der Waals surface area contributed by atoms with E-state index in [1.165, 1.54) is 6.07 Å². The van der Waals surface area contributed by atoms with Gasteiger partial charge in [0.15, 0.2) is 0 Å². The second-order valence-corrected chi connectivity index (χ2v) is 11.8. The predicted molar refractivity (Wildman–Crippen MR) is 169 cm³/mol. The Morgan fingerprint density at radius 1 is 1.00 bits per heavy atom. The molecular weight excluding hydrogens is 586 g/mol. The maximum absolute atomic E-state index is 13.4. The number of carbonyl (C=O) groups excluding carboxylic acids is 4. The zero-order valence-corrected chi connectivity index (χ0v) is 26.7. The van der Waals surface area contributed by atoms with Crippen molar-refractivity contribution >= 4 is 35.2 Å². The van der Waals surface area contributed by atoms with Crippen LogP contribution in [0, 0.1) is 5.92 Å². The molecule has 11 nitrogen and oxygen atoms in total. The Bertz CT molecular complexity index is 1290. The molecule has 2 aromatic carbocycles. The van der Waals surface area contributed by atoms with E-state index in [9.17, 15) is 19.2 Å². The van der Waals surface area contributed by atoms with Crippen molar-refractivity contribution in [3.8, 4) is 11.5 Å². The van der Waals surface area contributed by atoms with E-state index in [2.05, 4.69) is 26.2 Å². The number of hydrogen-bond acceptors (Lipinski definition) is 7. The molecule has 1 aliphatic rings. The first-order valence-electron chi connectivity index (χ1n) is 15.0. The van der Waals surface area contributed by atoms with Crippen molar-refractivity contribution in [2.75, 3.05) is 46.9 Å². The first-order valence-corrected chi connectivity index (χ1v) is 15.4. The molecule has 3 rings (SSSR count). The monoisotopic (exact) mass is 629 g/mol. The zero-order chi connectivity index (χ0) is 32.1. The molecule has 44 heavy (non-hydrogen) atoms. The molecule has 0 spiro atoms. The summed E-state index contributed by atoms with van der Waals surface area (Å²) in [7, 11) is 3.98. The molecule has 0 aromatic heterocycles. The minimum Gasteiger partial charge on any atom is -0.491 e. The van der Waals surface area contributed by atoms with Crippen LogP contribution in [-0.4, -0.2) is 87.6 Å². The number of amides is 4. The fourth-order valence-corrected chi connectivity index (χ4v) is 4.71. The molecule has 0 aliphatic carbocycles. The van der Waals surface area contributed by atoms with Gasteiger partial charge in [-0.15, -0.1) is 0 Å². The summed E-state index contributed by atoms with van der Waals surface area (Å²) in [4.78, 5) is 54.7. The third-order valence-electron chi connectivity index (χ3n) is 7.15. The lowest BCUT2D eigenvalue weighted by atomic mass is 10.0. The fraction of sp³-hybridized carbons (Fsp3) is 0.500. The standard InChI is InChI=1S/C32H44ClN5O6/c1-21(2)26-20-44-28-13-11-22(33)19-24(28)30(40)35-16-18-43-27-10-6-5-9-23(27)31(41)37-25(12-14-29(39)36-26)32(42)34-15-7-8-17-38(3)4/h5-6,9-11,13,19,21,25-26H,7-8,12,14-18,20H2,1-4H3,(H,34,42)(H,35,40)(H,36,39)(H,37,41)/t25-,26-/m0/s1. The van der Waals surface area contributed by atoms with Crippen molar-refractivity contribution < 1.29 is 28.7 Å². The molecule has 0 radical (unpaired) electrons. The highest BCUT2D eigenvalue weighted by atomic mass is 35.5. The van der Waals surface area contributed by atoms with Crippen molar-refractivity contribution in [3.63, 3.8) is 0 Å². The summed E-state index contributed by atoms with van der Waals surface area (Å²) in [6.07, 6.45) is 1.78. The number of unbranched alkanes of at least 4 members (excludes halogenated alkanes) is 1. The van der Waals surface area contributed by atoms with Gasteiger partial charge in [-0.1, -0.05) is 37.6 Å². The third kappa shape index (κ3) is 11.0. The second kappa shape index (κ2) is 17.5. The summed E-state index contributed by atoms with van der Waals surface area (Å²) in [5.74, 6) is -0.934. The number of benzene rings is 2. The summed E-state index contributed by atoms with van der Waals surface area (Å²) in [6, 6.07) is 10.1. The normalized spacial score (nSPS) is 18.7. The zero-order valence-electron chi connectivity index (χ0n) is 25.9. The quantitative estimate of drug-likeness (QED) is 0.346. The van der Waals surface area contributed by atoms with Crippen molar-refractivity contribution in [2.45, 2.75) is 51.6 Å². The molecule has 0 saturated carbocycles. The maximum Gasteiger partial charge on any atom is 0.255 e. The SMILES string of the molecule is CC(C)[C@@H]1COc2ccc(Cl)cc2C(=O)NCCOc2ccccc2C(=O)N[C@H](C(=O)NCCCCN(C)C)CCC(=O)N1. The van der Waals surface area contributed by atoms with E-state index in [1.54, 1.807) is 36.4 Å². The number of carbonyl (C=O) groups is 4. The van der Waals surface area contributed by atoms with Crippen molar-refractivity contribution in [1.82, 2.24) is 26.2 Å². The van der Waals surface area contributed by atoms with Crippen LogP contribution in [0.1, 0.15) is 60.2 Å². The minimum atomic E-state index is -0.943. The van der Waals surface area contributed by atoms with Crippen LogP contribution in [0.15, 0.2) is 42.5 Å². The van der Waals surface area contributed by atoms with Crippen LogP contribution in [-0.2, 0) is 9.59 Å². The maximum atomic E-state index is 13.4. The van der Waals surface area contributed by atoms with Crippen LogP contribution in [0.5, 0.6) is 11.5 Å². The average Bonchev–Trinajstić information content (AvgIpc) is 2.98. The van der Waals surface area contributed by atoms with Crippen molar-refractivity contribution in [1.29, 1.82) is 0 Å². The van der Waals surface area contributed by atoms with E-state index in [0.717, 1.165) is 19.4 Å². The second-order valence-electron chi connectivity index (χ2n) is 11.3. The van der Waals surface area contributed by atoms with Crippen LogP contribution in [0.2, 0.25) is 5.02 Å². The molecule has 0 bridgehead atoms. The molecule has 0 saturated heterocycles. The summed E-state index contributed by atoms with van der Waals surface area (Å²) in [5, 5.41) is 11.8. The Labute approximate surface area is 264 Å². The molecule has 240 valence electrons. The lowest BCUT2D eigenvalue weighted by Gasteiger charge is -2.24. The molecule has 2 atom stereocenters. The summed E-state index contributed by atoms with van der Waals surface area (Å²) >= 11 is 6.17. The van der Waals surface area contributed by atoms with Gasteiger partial charge in [0.25, 0.3) is 11.8 Å². The molecule has 4 N–H and O–H groups in total. The lowest BCUT2D eigenvalue weighted by Crippen LogP contribution is -2.48. The average molecular weight is 630 g/mol. The molecule has 0 unspecified atom stereocenters. The number of fused-ring (bicyclic) bond motifs is 2. The molecule has 4 amide bonds. The number of nitrogens with zero attached hydrogens (tertiary/aromatic N) is 1. The van der Waals surface area contributed by atoms with Gasteiger partial charge in [0.05, 0.1) is 23.7 Å². The van der Waals surface area contributed by atoms with Crippen molar-refractivity contribution in [3.05, 3.63) is 58.6 Å².